The second-order valence-corrected chi connectivity index (χ2v) is 7.20. The van der Waals surface area contributed by atoms with Crippen LogP contribution in [0.3, 0.4) is 0 Å². The summed E-state index contributed by atoms with van der Waals surface area (Å²) in [6, 6.07) is 14.4. The third-order valence-corrected chi connectivity index (χ3v) is 5.49. The fourth-order valence-electron chi connectivity index (χ4n) is 4.10. The molecule has 0 saturated carbocycles. The van der Waals surface area contributed by atoms with Crippen molar-refractivity contribution in [3.63, 3.8) is 0 Å². The zero-order chi connectivity index (χ0) is 16.5. The highest BCUT2D eigenvalue weighted by Gasteiger charge is 2.31. The van der Waals surface area contributed by atoms with Crippen molar-refractivity contribution in [3.05, 3.63) is 65.0 Å². The van der Waals surface area contributed by atoms with Crippen LogP contribution in [-0.2, 0) is 12.8 Å². The van der Waals surface area contributed by atoms with Crippen LogP contribution in [0.2, 0.25) is 0 Å². The minimum Gasteiger partial charge on any atom is -0.367 e. The highest BCUT2D eigenvalue weighted by Crippen LogP contribution is 2.33. The molecule has 0 aromatic heterocycles. The van der Waals surface area contributed by atoms with E-state index >= 15 is 0 Å². The number of likely N-dealkylation sites (tertiary alicyclic amines) is 1. The summed E-state index contributed by atoms with van der Waals surface area (Å²) >= 11 is 0. The Morgan fingerprint density at radius 1 is 1.08 bits per heavy atom. The lowest BCUT2D eigenvalue weighted by Crippen LogP contribution is -2.36. The number of aryl methyl sites for hydroxylation is 1. The van der Waals surface area contributed by atoms with E-state index in [0.29, 0.717) is 6.04 Å². The minimum atomic E-state index is -0.150. The zero-order valence-electron chi connectivity index (χ0n) is 14.3. The Hall–Kier alpha value is -1.87. The van der Waals surface area contributed by atoms with E-state index in [1.54, 1.807) is 12.1 Å². The largest absolute Gasteiger partial charge is 0.367 e. The van der Waals surface area contributed by atoms with Crippen molar-refractivity contribution in [2.24, 2.45) is 0 Å². The maximum Gasteiger partial charge on any atom is 0.123 e. The third-order valence-electron chi connectivity index (χ3n) is 5.49. The van der Waals surface area contributed by atoms with Crippen LogP contribution in [0.1, 0.15) is 23.1 Å². The number of fused-ring (bicyclic) bond motifs is 1. The van der Waals surface area contributed by atoms with Crippen LogP contribution < -0.4 is 4.90 Å². The molecule has 0 radical (unpaired) electrons. The molecule has 0 N–H and O–H groups in total. The van der Waals surface area contributed by atoms with E-state index in [4.69, 9.17) is 0 Å². The zero-order valence-corrected chi connectivity index (χ0v) is 14.3. The standard InChI is InChI=1S/C21H25FN2/c1-16-2-5-18-9-13-24(21(18)14-16)20-10-12-23(15-20)11-8-17-3-6-19(22)7-4-17/h2-7,14,20H,8-13,15H2,1H3. The first kappa shape index (κ1) is 15.6. The predicted molar refractivity (Wildman–Crippen MR) is 97.2 cm³/mol. The number of hydrogen-bond acceptors (Lipinski definition) is 2. The molecule has 4 rings (SSSR count). The second-order valence-electron chi connectivity index (χ2n) is 7.20. The van der Waals surface area contributed by atoms with Crippen LogP contribution in [0.25, 0.3) is 0 Å². The van der Waals surface area contributed by atoms with E-state index in [9.17, 15) is 4.39 Å². The molecule has 2 aliphatic heterocycles. The molecule has 1 fully saturated rings. The van der Waals surface area contributed by atoms with Crippen LogP contribution >= 0.6 is 0 Å². The van der Waals surface area contributed by atoms with Gasteiger partial charge in [-0.1, -0.05) is 24.3 Å². The molecule has 24 heavy (non-hydrogen) atoms. The first-order valence-corrected chi connectivity index (χ1v) is 9.02. The number of nitrogens with zero attached hydrogens (tertiary/aromatic N) is 2. The molecule has 2 aliphatic rings. The Morgan fingerprint density at radius 2 is 1.92 bits per heavy atom. The highest BCUT2D eigenvalue weighted by atomic mass is 19.1. The predicted octanol–water partition coefficient (Wildman–Crippen LogP) is 3.81. The summed E-state index contributed by atoms with van der Waals surface area (Å²) in [5.41, 5.74) is 5.54. The lowest BCUT2D eigenvalue weighted by atomic mass is 10.1. The summed E-state index contributed by atoms with van der Waals surface area (Å²) in [5.74, 6) is -0.150. The molecular formula is C21H25FN2. The Kier molecular flexibility index (Phi) is 4.28. The Labute approximate surface area is 143 Å². The van der Waals surface area contributed by atoms with Gasteiger partial charge in [0.15, 0.2) is 0 Å². The summed E-state index contributed by atoms with van der Waals surface area (Å²) in [4.78, 5) is 5.18. The highest BCUT2D eigenvalue weighted by molar-refractivity contribution is 5.60. The number of halogens is 1. The van der Waals surface area contributed by atoms with Gasteiger partial charge in [0.1, 0.15) is 5.82 Å². The number of benzene rings is 2. The van der Waals surface area contributed by atoms with E-state index in [1.807, 2.05) is 12.1 Å². The molecule has 0 aliphatic carbocycles. The first-order chi connectivity index (χ1) is 11.7. The summed E-state index contributed by atoms with van der Waals surface area (Å²) in [6.07, 6.45) is 3.43. The van der Waals surface area contributed by atoms with E-state index < -0.39 is 0 Å². The van der Waals surface area contributed by atoms with Crippen molar-refractivity contribution in [1.29, 1.82) is 0 Å². The molecule has 3 heteroatoms. The molecule has 1 atom stereocenters. The average Bonchev–Trinajstić information content (AvgIpc) is 3.20. The summed E-state index contributed by atoms with van der Waals surface area (Å²) in [7, 11) is 0. The summed E-state index contributed by atoms with van der Waals surface area (Å²) in [5, 5.41) is 0. The fourth-order valence-corrected chi connectivity index (χ4v) is 4.10. The lowest BCUT2D eigenvalue weighted by Gasteiger charge is -2.27. The molecule has 0 spiro atoms. The second kappa shape index (κ2) is 6.56. The van der Waals surface area contributed by atoms with Gasteiger partial charge in [0.05, 0.1) is 0 Å². The fraction of sp³-hybridized carbons (Fsp3) is 0.429. The molecular weight excluding hydrogens is 299 g/mol. The first-order valence-electron chi connectivity index (χ1n) is 9.02. The minimum absolute atomic E-state index is 0.150. The van der Waals surface area contributed by atoms with Gasteiger partial charge in [0, 0.05) is 37.9 Å². The Morgan fingerprint density at radius 3 is 2.75 bits per heavy atom. The number of hydrogen-bond donors (Lipinski definition) is 0. The lowest BCUT2D eigenvalue weighted by molar-refractivity contribution is 0.337. The van der Waals surface area contributed by atoms with Crippen LogP contribution in [0.4, 0.5) is 10.1 Å². The van der Waals surface area contributed by atoms with Crippen LogP contribution in [-0.4, -0.2) is 37.1 Å². The van der Waals surface area contributed by atoms with Gasteiger partial charge in [-0.25, -0.2) is 4.39 Å². The number of anilines is 1. The van der Waals surface area contributed by atoms with Gasteiger partial charge in [-0.05, 0) is 61.1 Å². The monoisotopic (exact) mass is 324 g/mol. The van der Waals surface area contributed by atoms with Crippen molar-refractivity contribution in [2.45, 2.75) is 32.2 Å². The Bertz CT molecular complexity index is 710. The molecule has 2 heterocycles. The van der Waals surface area contributed by atoms with Gasteiger partial charge in [0.2, 0.25) is 0 Å². The van der Waals surface area contributed by atoms with Gasteiger partial charge in [-0.2, -0.15) is 0 Å². The van der Waals surface area contributed by atoms with E-state index in [2.05, 4.69) is 34.9 Å². The van der Waals surface area contributed by atoms with Gasteiger partial charge >= 0.3 is 0 Å². The Balaban J connectivity index is 1.36. The average molecular weight is 324 g/mol. The summed E-state index contributed by atoms with van der Waals surface area (Å²) in [6.45, 7) is 6.73. The van der Waals surface area contributed by atoms with Crippen LogP contribution in [0, 0.1) is 12.7 Å². The van der Waals surface area contributed by atoms with Gasteiger partial charge in [0.25, 0.3) is 0 Å². The van der Waals surface area contributed by atoms with Gasteiger partial charge < -0.3 is 9.80 Å². The van der Waals surface area contributed by atoms with Gasteiger partial charge in [-0.3, -0.25) is 0 Å². The van der Waals surface area contributed by atoms with Crippen LogP contribution in [0.15, 0.2) is 42.5 Å². The maximum atomic E-state index is 13.0. The molecule has 1 saturated heterocycles. The van der Waals surface area contributed by atoms with E-state index in [1.165, 1.54) is 41.8 Å². The molecule has 0 amide bonds. The SMILES string of the molecule is Cc1ccc2c(c1)N(C1CCN(CCc3ccc(F)cc3)C1)CC2. The molecule has 1 unspecified atom stereocenters. The van der Waals surface area contributed by atoms with Crippen molar-refractivity contribution >= 4 is 5.69 Å². The molecule has 126 valence electrons. The van der Waals surface area contributed by atoms with E-state index in [-0.39, 0.29) is 5.82 Å². The van der Waals surface area contributed by atoms with Crippen molar-refractivity contribution < 1.29 is 4.39 Å². The smallest absolute Gasteiger partial charge is 0.123 e. The molecule has 2 aromatic carbocycles. The normalized spacial score (nSPS) is 20.6. The van der Waals surface area contributed by atoms with Crippen molar-refractivity contribution in [2.75, 3.05) is 31.1 Å². The molecule has 0 bridgehead atoms. The topological polar surface area (TPSA) is 6.48 Å². The van der Waals surface area contributed by atoms with Crippen molar-refractivity contribution in [1.82, 2.24) is 4.90 Å². The molecule has 2 nitrogen and oxygen atoms in total. The molecule has 2 aromatic rings. The van der Waals surface area contributed by atoms with Crippen molar-refractivity contribution in [3.8, 4) is 0 Å². The quantitative estimate of drug-likeness (QED) is 0.844. The van der Waals surface area contributed by atoms with Crippen LogP contribution in [0.5, 0.6) is 0 Å². The number of rotatable bonds is 4. The van der Waals surface area contributed by atoms with Gasteiger partial charge in [-0.15, -0.1) is 0 Å². The third kappa shape index (κ3) is 3.18. The van der Waals surface area contributed by atoms with E-state index in [0.717, 1.165) is 26.1 Å². The summed E-state index contributed by atoms with van der Waals surface area (Å²) < 4.78 is 13.0. The maximum absolute atomic E-state index is 13.0.